The fraction of sp³-hybridized carbons (Fsp3) is 0.577. The number of aromatic amines is 1. The number of amides is 1. The van der Waals surface area contributed by atoms with E-state index in [9.17, 15) is 14.4 Å². The van der Waals surface area contributed by atoms with E-state index in [2.05, 4.69) is 24.1 Å². The first-order valence-electron chi connectivity index (χ1n) is 12.1. The number of aromatic nitrogens is 1. The number of carbonyl (C=O) groups excluding carboxylic acids is 3. The van der Waals surface area contributed by atoms with E-state index in [1.54, 1.807) is 0 Å². The Kier molecular flexibility index (Phi) is 11.1. The topological polar surface area (TPSA) is 124 Å². The first kappa shape index (κ1) is 27.4. The van der Waals surface area contributed by atoms with Gasteiger partial charge in [-0.2, -0.15) is 0 Å². The fourth-order valence-electron chi connectivity index (χ4n) is 3.38. The lowest BCUT2D eigenvalue weighted by atomic mass is 10.0. The standard InChI is InChI=1S/C26H39N3O5/c1-17(2)11-13-33-25(31)21(27)9-10-24(30)29-23(26(32)34-14-12-18(3)4)15-19-16-28-22-8-6-5-7-20(19)22/h5-8,16-18,21,23,28H,9-15,27H2,1-4H3,(H,29,30). The van der Waals surface area contributed by atoms with E-state index in [1.165, 1.54) is 0 Å². The highest BCUT2D eigenvalue weighted by atomic mass is 16.5. The van der Waals surface area contributed by atoms with Crippen LogP contribution >= 0.6 is 0 Å². The molecule has 2 unspecified atom stereocenters. The third-order valence-electron chi connectivity index (χ3n) is 5.58. The number of nitrogens with one attached hydrogen (secondary N) is 2. The number of nitrogens with two attached hydrogens (primary N) is 1. The highest BCUT2D eigenvalue weighted by molar-refractivity contribution is 5.87. The molecule has 0 aliphatic rings. The lowest BCUT2D eigenvalue weighted by Gasteiger charge is -2.19. The van der Waals surface area contributed by atoms with E-state index in [4.69, 9.17) is 15.2 Å². The maximum Gasteiger partial charge on any atom is 0.328 e. The number of rotatable bonds is 14. The van der Waals surface area contributed by atoms with Gasteiger partial charge in [-0.15, -0.1) is 0 Å². The first-order valence-corrected chi connectivity index (χ1v) is 12.1. The van der Waals surface area contributed by atoms with Gasteiger partial charge in [0.1, 0.15) is 12.1 Å². The van der Waals surface area contributed by atoms with Crippen LogP contribution in [0.1, 0.15) is 58.9 Å². The molecule has 0 spiro atoms. The van der Waals surface area contributed by atoms with Gasteiger partial charge in [0.25, 0.3) is 0 Å². The van der Waals surface area contributed by atoms with Crippen molar-refractivity contribution in [3.8, 4) is 0 Å². The summed E-state index contributed by atoms with van der Waals surface area (Å²) in [4.78, 5) is 40.6. The molecule has 0 fully saturated rings. The van der Waals surface area contributed by atoms with Crippen molar-refractivity contribution in [3.05, 3.63) is 36.0 Å². The molecule has 8 nitrogen and oxygen atoms in total. The summed E-state index contributed by atoms with van der Waals surface area (Å²) in [6.45, 7) is 8.79. The van der Waals surface area contributed by atoms with Gasteiger partial charge in [0.2, 0.25) is 5.91 Å². The predicted molar refractivity (Wildman–Crippen MR) is 132 cm³/mol. The van der Waals surface area contributed by atoms with Gasteiger partial charge >= 0.3 is 11.9 Å². The summed E-state index contributed by atoms with van der Waals surface area (Å²) in [6.07, 6.45) is 3.77. The van der Waals surface area contributed by atoms with Crippen LogP contribution in [0.25, 0.3) is 10.9 Å². The zero-order valence-electron chi connectivity index (χ0n) is 20.8. The van der Waals surface area contributed by atoms with Crippen LogP contribution in [0.15, 0.2) is 30.5 Å². The number of H-pyrrole nitrogens is 1. The number of ether oxygens (including phenoxy) is 2. The van der Waals surface area contributed by atoms with Gasteiger partial charge in [0, 0.05) is 29.9 Å². The van der Waals surface area contributed by atoms with Crippen molar-refractivity contribution >= 4 is 28.7 Å². The monoisotopic (exact) mass is 473 g/mol. The quantitative estimate of drug-likeness (QED) is 0.361. The molecule has 2 rings (SSSR count). The van der Waals surface area contributed by atoms with Crippen molar-refractivity contribution < 1.29 is 23.9 Å². The number of fused-ring (bicyclic) bond motifs is 1. The van der Waals surface area contributed by atoms with Crippen molar-refractivity contribution in [1.82, 2.24) is 10.3 Å². The van der Waals surface area contributed by atoms with Crippen LogP contribution in [-0.4, -0.2) is 48.1 Å². The number of para-hydroxylation sites is 1. The lowest BCUT2D eigenvalue weighted by Crippen LogP contribution is -2.44. The van der Waals surface area contributed by atoms with Crippen LogP contribution < -0.4 is 11.1 Å². The van der Waals surface area contributed by atoms with Crippen LogP contribution in [0.2, 0.25) is 0 Å². The van der Waals surface area contributed by atoms with Gasteiger partial charge in [-0.3, -0.25) is 9.59 Å². The molecule has 2 atom stereocenters. The van der Waals surface area contributed by atoms with Crippen LogP contribution in [0, 0.1) is 11.8 Å². The normalized spacial score (nSPS) is 13.1. The molecule has 0 radical (unpaired) electrons. The summed E-state index contributed by atoms with van der Waals surface area (Å²) in [6, 6.07) is 6.05. The maximum atomic E-state index is 12.8. The Balaban J connectivity index is 1.96. The summed E-state index contributed by atoms with van der Waals surface area (Å²) in [7, 11) is 0. The first-order chi connectivity index (χ1) is 16.2. The molecule has 1 aromatic heterocycles. The van der Waals surface area contributed by atoms with Gasteiger partial charge in [-0.05, 0) is 42.7 Å². The molecule has 0 aliphatic heterocycles. The minimum atomic E-state index is -0.886. The van der Waals surface area contributed by atoms with E-state index in [0.29, 0.717) is 31.5 Å². The van der Waals surface area contributed by atoms with Crippen molar-refractivity contribution in [1.29, 1.82) is 0 Å². The second-order valence-electron chi connectivity index (χ2n) is 9.53. The summed E-state index contributed by atoms with van der Waals surface area (Å²) in [5.41, 5.74) is 7.75. The minimum absolute atomic E-state index is 0.00407. The van der Waals surface area contributed by atoms with Crippen molar-refractivity contribution in [2.24, 2.45) is 17.6 Å². The molecule has 0 aliphatic carbocycles. The number of hydrogen-bond acceptors (Lipinski definition) is 6. The summed E-state index contributed by atoms with van der Waals surface area (Å²) < 4.78 is 10.6. The van der Waals surface area contributed by atoms with Gasteiger partial charge in [-0.25, -0.2) is 4.79 Å². The molecule has 0 saturated heterocycles. The molecule has 4 N–H and O–H groups in total. The average Bonchev–Trinajstić information content (AvgIpc) is 3.19. The Morgan fingerprint density at radius 1 is 0.941 bits per heavy atom. The van der Waals surface area contributed by atoms with Crippen molar-refractivity contribution in [2.75, 3.05) is 13.2 Å². The molecule has 188 valence electrons. The zero-order valence-corrected chi connectivity index (χ0v) is 20.8. The number of carbonyl (C=O) groups is 3. The van der Waals surface area contributed by atoms with E-state index in [0.717, 1.165) is 29.3 Å². The molecular weight excluding hydrogens is 434 g/mol. The molecule has 8 heteroatoms. The number of hydrogen-bond donors (Lipinski definition) is 3. The SMILES string of the molecule is CC(C)CCOC(=O)C(N)CCC(=O)NC(Cc1c[nH]c2ccccc12)C(=O)OCCC(C)C. The Hall–Kier alpha value is -2.87. The maximum absolute atomic E-state index is 12.8. The highest BCUT2D eigenvalue weighted by Gasteiger charge is 2.25. The molecule has 1 aromatic carbocycles. The molecule has 1 amide bonds. The van der Waals surface area contributed by atoms with E-state index in [-0.39, 0.29) is 18.7 Å². The Morgan fingerprint density at radius 2 is 1.56 bits per heavy atom. The average molecular weight is 474 g/mol. The number of esters is 2. The molecule has 1 heterocycles. The minimum Gasteiger partial charge on any atom is -0.465 e. The third-order valence-corrected chi connectivity index (χ3v) is 5.58. The van der Waals surface area contributed by atoms with E-state index < -0.39 is 24.0 Å². The highest BCUT2D eigenvalue weighted by Crippen LogP contribution is 2.19. The Bertz CT molecular complexity index is 937. The second kappa shape index (κ2) is 13.7. The summed E-state index contributed by atoms with van der Waals surface area (Å²) in [5.74, 6) is -0.537. The summed E-state index contributed by atoms with van der Waals surface area (Å²) in [5, 5.41) is 3.76. The Morgan fingerprint density at radius 3 is 2.21 bits per heavy atom. The van der Waals surface area contributed by atoms with Crippen LogP contribution in [-0.2, 0) is 30.3 Å². The third kappa shape index (κ3) is 9.17. The van der Waals surface area contributed by atoms with Crippen LogP contribution in [0.5, 0.6) is 0 Å². The molecule has 0 saturated carbocycles. The van der Waals surface area contributed by atoms with Crippen molar-refractivity contribution in [3.63, 3.8) is 0 Å². The van der Waals surface area contributed by atoms with E-state index >= 15 is 0 Å². The molecule has 2 aromatic rings. The van der Waals surface area contributed by atoms with E-state index in [1.807, 2.05) is 44.3 Å². The van der Waals surface area contributed by atoms with Gasteiger partial charge < -0.3 is 25.5 Å². The second-order valence-corrected chi connectivity index (χ2v) is 9.53. The van der Waals surface area contributed by atoms with Gasteiger partial charge in [0.15, 0.2) is 0 Å². The zero-order chi connectivity index (χ0) is 25.1. The molecular formula is C26H39N3O5. The predicted octanol–water partition coefficient (Wildman–Crippen LogP) is 3.48. The Labute approximate surface area is 201 Å². The largest absolute Gasteiger partial charge is 0.465 e. The van der Waals surface area contributed by atoms with Crippen LogP contribution in [0.3, 0.4) is 0 Å². The molecule has 0 bridgehead atoms. The fourth-order valence-corrected chi connectivity index (χ4v) is 3.38. The number of benzene rings is 1. The van der Waals surface area contributed by atoms with Crippen LogP contribution in [0.4, 0.5) is 0 Å². The summed E-state index contributed by atoms with van der Waals surface area (Å²) >= 11 is 0. The van der Waals surface area contributed by atoms with Gasteiger partial charge in [0.05, 0.1) is 13.2 Å². The lowest BCUT2D eigenvalue weighted by molar-refractivity contribution is -0.148. The van der Waals surface area contributed by atoms with Gasteiger partial charge in [-0.1, -0.05) is 45.9 Å². The smallest absolute Gasteiger partial charge is 0.328 e. The molecule has 34 heavy (non-hydrogen) atoms. The van der Waals surface area contributed by atoms with Crippen molar-refractivity contribution in [2.45, 2.75) is 71.9 Å².